The number of halogens is 1. The van der Waals surface area contributed by atoms with Crippen LogP contribution in [-0.2, 0) is 4.79 Å². The number of carbonyl (C=O) groups is 1. The van der Waals surface area contributed by atoms with Gasteiger partial charge in [0.2, 0.25) is 5.91 Å². The Balaban J connectivity index is 1.76. The van der Waals surface area contributed by atoms with Crippen molar-refractivity contribution in [3.05, 3.63) is 0 Å². The van der Waals surface area contributed by atoms with E-state index in [-0.39, 0.29) is 0 Å². The molecule has 0 aromatic rings. The molecule has 0 aromatic heterocycles. The highest BCUT2D eigenvalue weighted by molar-refractivity contribution is 7.99. The minimum atomic E-state index is 0.395. The number of rotatable bonds is 4. The lowest BCUT2D eigenvalue weighted by Crippen LogP contribution is -2.40. The minimum Gasteiger partial charge on any atom is -0.342 e. The molecular formula is C14H24ClNOS. The van der Waals surface area contributed by atoms with E-state index in [0.29, 0.717) is 17.7 Å². The summed E-state index contributed by atoms with van der Waals surface area (Å²) in [6, 6.07) is 0. The number of hydrogen-bond acceptors (Lipinski definition) is 2. The number of hydrogen-bond donors (Lipinski definition) is 0. The van der Waals surface area contributed by atoms with Crippen LogP contribution in [0.1, 0.15) is 38.5 Å². The van der Waals surface area contributed by atoms with E-state index in [4.69, 9.17) is 11.6 Å². The Hall–Kier alpha value is 0.110. The molecule has 2 fully saturated rings. The van der Waals surface area contributed by atoms with Gasteiger partial charge in [-0.2, -0.15) is 11.8 Å². The Morgan fingerprint density at radius 3 is 2.72 bits per heavy atom. The summed E-state index contributed by atoms with van der Waals surface area (Å²) in [5.74, 6) is 4.90. The summed E-state index contributed by atoms with van der Waals surface area (Å²) in [5, 5.41) is 0. The Labute approximate surface area is 120 Å². The molecule has 104 valence electrons. The fourth-order valence-electron chi connectivity index (χ4n) is 3.01. The molecular weight excluding hydrogens is 266 g/mol. The highest BCUT2D eigenvalue weighted by Crippen LogP contribution is 2.27. The topological polar surface area (TPSA) is 20.3 Å². The zero-order chi connectivity index (χ0) is 12.8. The summed E-state index contributed by atoms with van der Waals surface area (Å²) in [5.41, 5.74) is 0. The number of amides is 1. The first-order valence-corrected chi connectivity index (χ1v) is 8.90. The van der Waals surface area contributed by atoms with Gasteiger partial charge in [-0.05, 0) is 55.4 Å². The van der Waals surface area contributed by atoms with E-state index in [2.05, 4.69) is 4.90 Å². The Morgan fingerprint density at radius 1 is 1.22 bits per heavy atom. The van der Waals surface area contributed by atoms with Crippen LogP contribution >= 0.6 is 23.4 Å². The molecule has 1 atom stereocenters. The quantitative estimate of drug-likeness (QED) is 0.740. The Bertz CT molecular complexity index is 267. The molecule has 0 bridgehead atoms. The van der Waals surface area contributed by atoms with Crippen molar-refractivity contribution < 1.29 is 4.79 Å². The van der Waals surface area contributed by atoms with E-state index in [1.54, 1.807) is 0 Å². The first-order chi connectivity index (χ1) is 8.79. The van der Waals surface area contributed by atoms with E-state index in [0.717, 1.165) is 38.2 Å². The first-order valence-electron chi connectivity index (χ1n) is 7.21. The van der Waals surface area contributed by atoms with E-state index in [1.807, 2.05) is 11.8 Å². The average Bonchev–Trinajstić information content (AvgIpc) is 2.40. The van der Waals surface area contributed by atoms with Gasteiger partial charge in [0.25, 0.3) is 0 Å². The zero-order valence-corrected chi connectivity index (χ0v) is 12.6. The van der Waals surface area contributed by atoms with Crippen LogP contribution in [0, 0.1) is 11.8 Å². The molecule has 1 amide bonds. The van der Waals surface area contributed by atoms with E-state index >= 15 is 0 Å². The fourth-order valence-corrected chi connectivity index (χ4v) is 4.52. The summed E-state index contributed by atoms with van der Waals surface area (Å²) < 4.78 is 0. The smallest absolute Gasteiger partial charge is 0.222 e. The second kappa shape index (κ2) is 7.64. The van der Waals surface area contributed by atoms with Crippen molar-refractivity contribution in [1.29, 1.82) is 0 Å². The van der Waals surface area contributed by atoms with Crippen molar-refractivity contribution >= 4 is 29.3 Å². The summed E-state index contributed by atoms with van der Waals surface area (Å²) in [6.45, 7) is 1.92. The molecule has 2 aliphatic heterocycles. The zero-order valence-electron chi connectivity index (χ0n) is 11.1. The third-order valence-electron chi connectivity index (χ3n) is 4.19. The second-order valence-electron chi connectivity index (χ2n) is 5.59. The standard InChI is InChI=1S/C14H24ClNOS/c15-6-3-13-2-1-7-16(11-13)14(17)10-12-4-8-18-9-5-12/h12-13H,1-11H2. The van der Waals surface area contributed by atoms with Crippen LogP contribution in [0.5, 0.6) is 0 Å². The molecule has 0 saturated carbocycles. The van der Waals surface area contributed by atoms with Crippen molar-refractivity contribution in [2.24, 2.45) is 11.8 Å². The van der Waals surface area contributed by atoms with Crippen LogP contribution in [0.25, 0.3) is 0 Å². The predicted molar refractivity (Wildman–Crippen MR) is 79.3 cm³/mol. The van der Waals surface area contributed by atoms with Crippen LogP contribution in [0.3, 0.4) is 0 Å². The van der Waals surface area contributed by atoms with Gasteiger partial charge in [-0.15, -0.1) is 11.6 Å². The van der Waals surface area contributed by atoms with Crippen LogP contribution < -0.4 is 0 Å². The molecule has 0 radical (unpaired) electrons. The molecule has 18 heavy (non-hydrogen) atoms. The molecule has 2 aliphatic rings. The fraction of sp³-hybridized carbons (Fsp3) is 0.929. The third kappa shape index (κ3) is 4.34. The van der Waals surface area contributed by atoms with Crippen molar-refractivity contribution in [3.8, 4) is 0 Å². The van der Waals surface area contributed by atoms with E-state index in [1.165, 1.54) is 30.8 Å². The Kier molecular flexibility index (Phi) is 6.16. The van der Waals surface area contributed by atoms with E-state index in [9.17, 15) is 4.79 Å². The number of nitrogens with zero attached hydrogens (tertiary/aromatic N) is 1. The molecule has 2 rings (SSSR count). The summed E-state index contributed by atoms with van der Waals surface area (Å²) in [7, 11) is 0. The van der Waals surface area contributed by atoms with Crippen molar-refractivity contribution in [1.82, 2.24) is 4.90 Å². The number of carbonyl (C=O) groups excluding carboxylic acids is 1. The number of thioether (sulfide) groups is 1. The number of alkyl halides is 1. The van der Waals surface area contributed by atoms with Crippen molar-refractivity contribution in [2.45, 2.75) is 38.5 Å². The normalized spacial score (nSPS) is 26.3. The van der Waals surface area contributed by atoms with Crippen molar-refractivity contribution in [3.63, 3.8) is 0 Å². The molecule has 2 saturated heterocycles. The number of piperidine rings is 1. The predicted octanol–water partition coefficient (Wildman–Crippen LogP) is 3.39. The molecule has 0 N–H and O–H groups in total. The lowest BCUT2D eigenvalue weighted by atomic mass is 9.93. The maximum Gasteiger partial charge on any atom is 0.222 e. The molecule has 0 aliphatic carbocycles. The van der Waals surface area contributed by atoms with Crippen LogP contribution in [0.15, 0.2) is 0 Å². The van der Waals surface area contributed by atoms with E-state index < -0.39 is 0 Å². The SMILES string of the molecule is O=C(CC1CCSCC1)N1CCCC(CCCl)C1. The maximum absolute atomic E-state index is 12.3. The van der Waals surface area contributed by atoms with Gasteiger partial charge < -0.3 is 4.90 Å². The van der Waals surface area contributed by atoms with Gasteiger partial charge in [0.15, 0.2) is 0 Å². The maximum atomic E-state index is 12.3. The summed E-state index contributed by atoms with van der Waals surface area (Å²) >= 11 is 7.84. The summed E-state index contributed by atoms with van der Waals surface area (Å²) in [4.78, 5) is 14.4. The summed E-state index contributed by atoms with van der Waals surface area (Å²) in [6.07, 6.45) is 6.72. The average molecular weight is 290 g/mol. The molecule has 0 spiro atoms. The molecule has 0 aromatic carbocycles. The van der Waals surface area contributed by atoms with Gasteiger partial charge in [-0.1, -0.05) is 0 Å². The third-order valence-corrected chi connectivity index (χ3v) is 5.46. The molecule has 2 heterocycles. The van der Waals surface area contributed by atoms with Gasteiger partial charge in [0.05, 0.1) is 0 Å². The van der Waals surface area contributed by atoms with Gasteiger partial charge >= 0.3 is 0 Å². The van der Waals surface area contributed by atoms with Crippen LogP contribution in [-0.4, -0.2) is 41.3 Å². The monoisotopic (exact) mass is 289 g/mol. The highest BCUT2D eigenvalue weighted by atomic mass is 35.5. The molecule has 1 unspecified atom stereocenters. The van der Waals surface area contributed by atoms with Gasteiger partial charge in [-0.3, -0.25) is 4.79 Å². The molecule has 4 heteroatoms. The van der Waals surface area contributed by atoms with Crippen LogP contribution in [0.2, 0.25) is 0 Å². The number of likely N-dealkylation sites (tertiary alicyclic amines) is 1. The molecule has 2 nitrogen and oxygen atoms in total. The lowest BCUT2D eigenvalue weighted by molar-refractivity contribution is -0.134. The lowest BCUT2D eigenvalue weighted by Gasteiger charge is -2.34. The van der Waals surface area contributed by atoms with Gasteiger partial charge in [0, 0.05) is 25.4 Å². The minimum absolute atomic E-state index is 0.395. The van der Waals surface area contributed by atoms with Gasteiger partial charge in [-0.25, -0.2) is 0 Å². The van der Waals surface area contributed by atoms with Crippen molar-refractivity contribution in [2.75, 3.05) is 30.5 Å². The van der Waals surface area contributed by atoms with Crippen LogP contribution in [0.4, 0.5) is 0 Å². The first kappa shape index (κ1) is 14.5. The Morgan fingerprint density at radius 2 is 2.00 bits per heavy atom. The largest absolute Gasteiger partial charge is 0.342 e. The highest BCUT2D eigenvalue weighted by Gasteiger charge is 2.25. The second-order valence-corrected chi connectivity index (χ2v) is 7.19. The van der Waals surface area contributed by atoms with Gasteiger partial charge in [0.1, 0.15) is 0 Å².